The molecular formula is C24H23ClN2O5S. The van der Waals surface area contributed by atoms with Gasteiger partial charge in [0.2, 0.25) is 0 Å². The summed E-state index contributed by atoms with van der Waals surface area (Å²) >= 11 is 6.31. The molecule has 1 aliphatic heterocycles. The van der Waals surface area contributed by atoms with Crippen LogP contribution in [0.5, 0.6) is 11.5 Å². The maximum absolute atomic E-state index is 13.2. The second kappa shape index (κ2) is 9.33. The van der Waals surface area contributed by atoms with Crippen molar-refractivity contribution in [3.05, 3.63) is 77.3 Å². The van der Waals surface area contributed by atoms with Gasteiger partial charge in [0, 0.05) is 25.3 Å². The maximum Gasteiger partial charge on any atom is 0.264 e. The van der Waals surface area contributed by atoms with Crippen molar-refractivity contribution in [3.63, 3.8) is 0 Å². The van der Waals surface area contributed by atoms with Crippen LogP contribution in [0.3, 0.4) is 0 Å². The molecule has 1 amide bonds. The van der Waals surface area contributed by atoms with Crippen LogP contribution in [-0.4, -0.2) is 41.6 Å². The summed E-state index contributed by atoms with van der Waals surface area (Å²) in [6.45, 7) is 0.113. The van der Waals surface area contributed by atoms with Gasteiger partial charge in [-0.05, 0) is 48.4 Å². The van der Waals surface area contributed by atoms with E-state index in [-0.39, 0.29) is 28.2 Å². The van der Waals surface area contributed by atoms with Crippen molar-refractivity contribution in [2.24, 2.45) is 0 Å². The summed E-state index contributed by atoms with van der Waals surface area (Å²) in [6, 6.07) is 18.8. The van der Waals surface area contributed by atoms with E-state index in [1.54, 1.807) is 44.5 Å². The Labute approximate surface area is 198 Å². The highest BCUT2D eigenvalue weighted by molar-refractivity contribution is 7.92. The molecule has 0 aliphatic carbocycles. The van der Waals surface area contributed by atoms with Gasteiger partial charge in [0.25, 0.3) is 15.9 Å². The number of hydrogen-bond acceptors (Lipinski definition) is 5. The summed E-state index contributed by atoms with van der Waals surface area (Å²) in [7, 11) is -0.588. The van der Waals surface area contributed by atoms with Crippen LogP contribution in [0.15, 0.2) is 71.6 Å². The quantitative estimate of drug-likeness (QED) is 0.501. The van der Waals surface area contributed by atoms with E-state index in [4.69, 9.17) is 21.1 Å². The Hall–Kier alpha value is -3.23. The van der Waals surface area contributed by atoms with E-state index >= 15 is 0 Å². The number of halogens is 1. The zero-order chi connectivity index (χ0) is 23.6. The predicted molar refractivity (Wildman–Crippen MR) is 128 cm³/mol. The lowest BCUT2D eigenvalue weighted by molar-refractivity contribution is -0.120. The van der Waals surface area contributed by atoms with Gasteiger partial charge < -0.3 is 14.4 Å². The average molecular weight is 487 g/mol. The number of para-hydroxylation sites is 1. The Morgan fingerprint density at radius 1 is 1.09 bits per heavy atom. The smallest absolute Gasteiger partial charge is 0.264 e. The summed E-state index contributed by atoms with van der Waals surface area (Å²) in [5, 5.41) is 0.111. The fourth-order valence-corrected chi connectivity index (χ4v) is 5.47. The standard InChI is InChI=1S/C24H23ClN2O5S/c1-26(18-7-5-8-19(14-18)31-2)24(28)16-32-23-11-10-20(15-21(23)25)33(29,30)27-13-12-17-6-3-4-9-22(17)27/h3-11,14-15H,12-13,16H2,1-2H3. The zero-order valence-corrected chi connectivity index (χ0v) is 19.8. The molecule has 0 spiro atoms. The number of ether oxygens (including phenoxy) is 2. The summed E-state index contributed by atoms with van der Waals surface area (Å²) in [5.74, 6) is 0.558. The number of likely N-dealkylation sites (N-methyl/N-ethyl adjacent to an activating group) is 1. The van der Waals surface area contributed by atoms with Gasteiger partial charge in [0.1, 0.15) is 11.5 Å². The van der Waals surface area contributed by atoms with Gasteiger partial charge in [-0.3, -0.25) is 9.10 Å². The Bertz CT molecular complexity index is 1300. The Balaban J connectivity index is 1.46. The molecule has 0 atom stereocenters. The van der Waals surface area contributed by atoms with E-state index in [1.165, 1.54) is 27.4 Å². The monoisotopic (exact) mass is 486 g/mol. The molecule has 0 saturated heterocycles. The lowest BCUT2D eigenvalue weighted by atomic mass is 10.2. The van der Waals surface area contributed by atoms with Gasteiger partial charge in [-0.1, -0.05) is 35.9 Å². The van der Waals surface area contributed by atoms with Crippen LogP contribution in [0.1, 0.15) is 5.56 Å². The highest BCUT2D eigenvalue weighted by Gasteiger charge is 2.31. The van der Waals surface area contributed by atoms with Crippen molar-refractivity contribution in [3.8, 4) is 11.5 Å². The number of sulfonamides is 1. The van der Waals surface area contributed by atoms with Crippen LogP contribution in [0.25, 0.3) is 0 Å². The van der Waals surface area contributed by atoms with Gasteiger partial charge >= 0.3 is 0 Å². The van der Waals surface area contributed by atoms with Crippen molar-refractivity contribution in [1.29, 1.82) is 0 Å². The molecule has 3 aromatic carbocycles. The number of benzene rings is 3. The number of anilines is 2. The van der Waals surface area contributed by atoms with E-state index in [9.17, 15) is 13.2 Å². The number of amides is 1. The molecule has 7 nitrogen and oxygen atoms in total. The predicted octanol–water partition coefficient (Wildman–Crippen LogP) is 4.14. The third-order valence-corrected chi connectivity index (χ3v) is 7.61. The van der Waals surface area contributed by atoms with Crippen LogP contribution < -0.4 is 18.7 Å². The molecule has 0 aromatic heterocycles. The van der Waals surface area contributed by atoms with E-state index in [1.807, 2.05) is 18.2 Å². The first-order valence-electron chi connectivity index (χ1n) is 10.2. The highest BCUT2D eigenvalue weighted by Crippen LogP contribution is 2.35. The molecule has 0 bridgehead atoms. The fourth-order valence-electron chi connectivity index (χ4n) is 3.64. The molecule has 1 heterocycles. The largest absolute Gasteiger partial charge is 0.497 e. The van der Waals surface area contributed by atoms with Crippen LogP contribution in [0.2, 0.25) is 5.02 Å². The molecular weight excluding hydrogens is 464 g/mol. The minimum absolute atomic E-state index is 0.0661. The molecule has 9 heteroatoms. The number of fused-ring (bicyclic) bond motifs is 1. The average Bonchev–Trinajstić information content (AvgIpc) is 3.27. The zero-order valence-electron chi connectivity index (χ0n) is 18.2. The van der Waals surface area contributed by atoms with Gasteiger partial charge in [-0.2, -0.15) is 0 Å². The number of carbonyl (C=O) groups is 1. The van der Waals surface area contributed by atoms with Crippen LogP contribution in [0.4, 0.5) is 11.4 Å². The summed E-state index contributed by atoms with van der Waals surface area (Å²) in [5.41, 5.74) is 2.33. The molecule has 0 radical (unpaired) electrons. The number of hydrogen-bond donors (Lipinski definition) is 0. The molecule has 33 heavy (non-hydrogen) atoms. The number of carbonyl (C=O) groups excluding carboxylic acids is 1. The van der Waals surface area contributed by atoms with Gasteiger partial charge in [0.05, 0.1) is 22.7 Å². The second-order valence-electron chi connectivity index (χ2n) is 7.49. The van der Waals surface area contributed by atoms with Crippen LogP contribution >= 0.6 is 11.6 Å². The number of methoxy groups -OCH3 is 1. The molecule has 0 unspecified atom stereocenters. The van der Waals surface area contributed by atoms with Gasteiger partial charge in [-0.25, -0.2) is 8.42 Å². The van der Waals surface area contributed by atoms with Crippen molar-refractivity contribution >= 4 is 38.9 Å². The van der Waals surface area contributed by atoms with E-state index in [0.717, 1.165) is 5.56 Å². The van der Waals surface area contributed by atoms with Crippen molar-refractivity contribution in [2.45, 2.75) is 11.3 Å². The minimum Gasteiger partial charge on any atom is -0.497 e. The number of nitrogens with zero attached hydrogens (tertiary/aromatic N) is 2. The summed E-state index contributed by atoms with van der Waals surface area (Å²) < 4.78 is 38.5. The number of rotatable bonds is 7. The first kappa shape index (κ1) is 22.9. The van der Waals surface area contributed by atoms with E-state index in [0.29, 0.717) is 30.1 Å². The molecule has 1 aliphatic rings. The Kier molecular flexibility index (Phi) is 6.49. The maximum atomic E-state index is 13.2. The minimum atomic E-state index is -3.77. The molecule has 172 valence electrons. The normalized spacial score (nSPS) is 12.9. The van der Waals surface area contributed by atoms with E-state index < -0.39 is 10.0 Å². The molecule has 0 fully saturated rings. The first-order valence-corrected chi connectivity index (χ1v) is 12.1. The second-order valence-corrected chi connectivity index (χ2v) is 9.76. The van der Waals surface area contributed by atoms with E-state index in [2.05, 4.69) is 0 Å². The molecule has 0 N–H and O–H groups in total. The fraction of sp³-hybridized carbons (Fsp3) is 0.208. The lowest BCUT2D eigenvalue weighted by Crippen LogP contribution is -2.31. The van der Waals surface area contributed by atoms with Crippen molar-refractivity contribution < 1.29 is 22.7 Å². The van der Waals surface area contributed by atoms with Crippen LogP contribution in [0, 0.1) is 0 Å². The first-order chi connectivity index (χ1) is 15.8. The van der Waals surface area contributed by atoms with Gasteiger partial charge in [0.15, 0.2) is 6.61 Å². The van der Waals surface area contributed by atoms with Crippen molar-refractivity contribution in [2.75, 3.05) is 36.5 Å². The molecule has 0 saturated carbocycles. The topological polar surface area (TPSA) is 76.1 Å². The molecule has 4 rings (SSSR count). The highest BCUT2D eigenvalue weighted by atomic mass is 35.5. The van der Waals surface area contributed by atoms with Gasteiger partial charge in [-0.15, -0.1) is 0 Å². The summed E-state index contributed by atoms with van der Waals surface area (Å²) in [4.78, 5) is 14.1. The van der Waals surface area contributed by atoms with Crippen molar-refractivity contribution in [1.82, 2.24) is 0 Å². The third kappa shape index (κ3) is 4.62. The SMILES string of the molecule is COc1cccc(N(C)C(=O)COc2ccc(S(=O)(=O)N3CCc4ccccc43)cc2Cl)c1. The Morgan fingerprint density at radius 3 is 2.64 bits per heavy atom. The van der Waals surface area contributed by atoms with Crippen LogP contribution in [-0.2, 0) is 21.2 Å². The lowest BCUT2D eigenvalue weighted by Gasteiger charge is -2.20. The Morgan fingerprint density at radius 2 is 1.88 bits per heavy atom. The third-order valence-electron chi connectivity index (χ3n) is 5.50. The summed E-state index contributed by atoms with van der Waals surface area (Å²) in [6.07, 6.45) is 0.660. The molecule has 3 aromatic rings.